The molecular weight excluding hydrogens is 424 g/mol. The number of aliphatic carboxylic acids is 1. The van der Waals surface area contributed by atoms with Crippen LogP contribution in [0.5, 0.6) is 0 Å². The van der Waals surface area contributed by atoms with Crippen LogP contribution in [0.1, 0.15) is 38.3 Å². The second-order valence-corrected chi connectivity index (χ2v) is 7.65. The Hall–Kier alpha value is -3.23. The second-order valence-electron chi connectivity index (χ2n) is 7.65. The van der Waals surface area contributed by atoms with Crippen molar-refractivity contribution in [2.75, 3.05) is 6.61 Å². The maximum Gasteiger partial charge on any atom is 0.328 e. The fourth-order valence-corrected chi connectivity index (χ4v) is 3.22. The molecule has 0 saturated carbocycles. The topological polar surface area (TPSA) is 105 Å². The van der Waals surface area contributed by atoms with Crippen molar-refractivity contribution in [2.45, 2.75) is 58.3 Å². The first-order valence-electron chi connectivity index (χ1n) is 11.0. The van der Waals surface area contributed by atoms with Gasteiger partial charge in [-0.05, 0) is 44.7 Å². The summed E-state index contributed by atoms with van der Waals surface area (Å²) < 4.78 is 5.17. The van der Waals surface area contributed by atoms with Crippen LogP contribution in [0.4, 0.5) is 0 Å². The average Bonchev–Trinajstić information content (AvgIpc) is 2.82. The predicted molar refractivity (Wildman–Crippen MR) is 123 cm³/mol. The van der Waals surface area contributed by atoms with Crippen LogP contribution in [0.15, 0.2) is 60.7 Å². The van der Waals surface area contributed by atoms with E-state index in [2.05, 4.69) is 5.32 Å². The number of rotatable bonds is 13. The van der Waals surface area contributed by atoms with E-state index in [0.29, 0.717) is 12.8 Å². The van der Waals surface area contributed by atoms with Gasteiger partial charge in [-0.2, -0.15) is 0 Å². The molecule has 178 valence electrons. The number of hydroxylamine groups is 2. The van der Waals surface area contributed by atoms with Crippen molar-refractivity contribution in [1.82, 2.24) is 10.4 Å². The molecule has 0 fully saturated rings. The van der Waals surface area contributed by atoms with Crippen LogP contribution in [-0.2, 0) is 37.0 Å². The Morgan fingerprint density at radius 1 is 0.970 bits per heavy atom. The maximum absolute atomic E-state index is 13.1. The molecule has 0 aliphatic heterocycles. The molecule has 2 rings (SSSR count). The van der Waals surface area contributed by atoms with E-state index in [1.807, 2.05) is 60.7 Å². The molecule has 1 unspecified atom stereocenters. The number of hydrogen-bond acceptors (Lipinski definition) is 6. The van der Waals surface area contributed by atoms with Crippen molar-refractivity contribution in [2.24, 2.45) is 0 Å². The molecule has 0 saturated heterocycles. The highest BCUT2D eigenvalue weighted by Gasteiger charge is 2.33. The van der Waals surface area contributed by atoms with Gasteiger partial charge in [-0.15, -0.1) is 0 Å². The number of nitrogens with one attached hydrogen (secondary N) is 1. The molecule has 0 aliphatic carbocycles. The summed E-state index contributed by atoms with van der Waals surface area (Å²) in [5, 5.41) is 13.3. The summed E-state index contributed by atoms with van der Waals surface area (Å²) in [5.74, 6) is -2.25. The number of amides is 1. The third kappa shape index (κ3) is 8.32. The Morgan fingerprint density at radius 3 is 2.09 bits per heavy atom. The fraction of sp³-hybridized carbons (Fsp3) is 0.400. The summed E-state index contributed by atoms with van der Waals surface area (Å²) in [6.07, 6.45) is 1.03. The number of nitrogens with zero attached hydrogens (tertiary/aromatic N) is 1. The van der Waals surface area contributed by atoms with Gasteiger partial charge < -0.3 is 9.84 Å². The summed E-state index contributed by atoms with van der Waals surface area (Å²) in [6.45, 7) is 4.91. The zero-order chi connectivity index (χ0) is 24.2. The van der Waals surface area contributed by atoms with E-state index >= 15 is 0 Å². The molecular formula is C25H32N2O6. The molecule has 0 radical (unpaired) electrons. The van der Waals surface area contributed by atoms with Crippen LogP contribution in [0.25, 0.3) is 0 Å². The SMILES string of the molecule is CCOC(=O)[C@H](CCc1ccccc1)N[C@@H](C)C(=O)N(OCc1ccccc1)C(C)C(=O)O. The molecule has 8 nitrogen and oxygen atoms in total. The predicted octanol–water partition coefficient (Wildman–Crippen LogP) is 2.96. The van der Waals surface area contributed by atoms with Gasteiger partial charge in [0.15, 0.2) is 6.04 Å². The fourth-order valence-electron chi connectivity index (χ4n) is 3.22. The van der Waals surface area contributed by atoms with Crippen molar-refractivity contribution >= 4 is 17.8 Å². The van der Waals surface area contributed by atoms with E-state index in [-0.39, 0.29) is 13.2 Å². The lowest BCUT2D eigenvalue weighted by Gasteiger charge is -2.30. The summed E-state index contributed by atoms with van der Waals surface area (Å²) >= 11 is 0. The van der Waals surface area contributed by atoms with Gasteiger partial charge in [0.1, 0.15) is 12.6 Å². The van der Waals surface area contributed by atoms with Gasteiger partial charge in [0, 0.05) is 0 Å². The quantitative estimate of drug-likeness (QED) is 0.353. The normalized spacial score (nSPS) is 13.5. The molecule has 2 N–H and O–H groups in total. The Bertz CT molecular complexity index is 890. The van der Waals surface area contributed by atoms with Crippen LogP contribution in [0.2, 0.25) is 0 Å². The molecule has 0 bridgehead atoms. The number of carboxylic acids is 1. The van der Waals surface area contributed by atoms with Gasteiger partial charge in [-0.3, -0.25) is 19.7 Å². The minimum absolute atomic E-state index is 0.0340. The van der Waals surface area contributed by atoms with Crippen LogP contribution in [0.3, 0.4) is 0 Å². The number of carboxylic acid groups (broad SMARTS) is 1. The lowest BCUT2D eigenvalue weighted by Crippen LogP contribution is -2.54. The van der Waals surface area contributed by atoms with Crippen molar-refractivity contribution in [3.05, 3.63) is 71.8 Å². The first kappa shape index (κ1) is 26.0. The Kier molecular flexibility index (Phi) is 10.5. The van der Waals surface area contributed by atoms with Crippen LogP contribution in [-0.4, -0.2) is 52.7 Å². The highest BCUT2D eigenvalue weighted by Crippen LogP contribution is 2.12. The summed E-state index contributed by atoms with van der Waals surface area (Å²) in [6, 6.07) is 16.0. The first-order chi connectivity index (χ1) is 15.8. The number of aryl methyl sites for hydroxylation is 1. The molecule has 1 amide bonds. The Labute approximate surface area is 194 Å². The monoisotopic (exact) mass is 456 g/mol. The van der Waals surface area contributed by atoms with Gasteiger partial charge >= 0.3 is 11.9 Å². The zero-order valence-corrected chi connectivity index (χ0v) is 19.3. The molecule has 2 aromatic carbocycles. The molecule has 0 aliphatic rings. The van der Waals surface area contributed by atoms with Crippen molar-refractivity contribution < 1.29 is 29.1 Å². The minimum Gasteiger partial charge on any atom is -0.480 e. The summed E-state index contributed by atoms with van der Waals surface area (Å²) in [4.78, 5) is 42.8. The van der Waals surface area contributed by atoms with Crippen LogP contribution in [0, 0.1) is 0 Å². The molecule has 0 heterocycles. The summed E-state index contributed by atoms with van der Waals surface area (Å²) in [5.41, 5.74) is 1.85. The van der Waals surface area contributed by atoms with E-state index < -0.39 is 36.0 Å². The molecule has 0 spiro atoms. The lowest BCUT2D eigenvalue weighted by molar-refractivity contribution is -0.211. The van der Waals surface area contributed by atoms with Gasteiger partial charge in [0.05, 0.1) is 12.6 Å². The van der Waals surface area contributed by atoms with E-state index in [1.165, 1.54) is 6.92 Å². The van der Waals surface area contributed by atoms with Gasteiger partial charge in [-0.25, -0.2) is 9.86 Å². The Balaban J connectivity index is 2.10. The maximum atomic E-state index is 13.1. The van der Waals surface area contributed by atoms with Crippen molar-refractivity contribution in [1.29, 1.82) is 0 Å². The molecule has 33 heavy (non-hydrogen) atoms. The number of esters is 1. The number of hydrogen-bond donors (Lipinski definition) is 2. The van der Waals surface area contributed by atoms with Crippen molar-refractivity contribution in [3.63, 3.8) is 0 Å². The highest BCUT2D eigenvalue weighted by atomic mass is 16.7. The average molecular weight is 457 g/mol. The minimum atomic E-state index is -1.21. The number of benzene rings is 2. The largest absolute Gasteiger partial charge is 0.480 e. The molecule has 2 aromatic rings. The molecule has 3 atom stereocenters. The van der Waals surface area contributed by atoms with E-state index in [0.717, 1.165) is 16.2 Å². The van der Waals surface area contributed by atoms with Gasteiger partial charge in [0.2, 0.25) is 0 Å². The zero-order valence-electron chi connectivity index (χ0n) is 19.3. The second kappa shape index (κ2) is 13.3. The number of carbonyl (C=O) groups is 3. The van der Waals surface area contributed by atoms with E-state index in [9.17, 15) is 19.5 Å². The lowest BCUT2D eigenvalue weighted by atomic mass is 10.0. The highest BCUT2D eigenvalue weighted by molar-refractivity contribution is 5.86. The van der Waals surface area contributed by atoms with Crippen LogP contribution < -0.4 is 5.32 Å². The number of ether oxygens (including phenoxy) is 1. The Morgan fingerprint density at radius 2 is 1.55 bits per heavy atom. The van der Waals surface area contributed by atoms with Gasteiger partial charge in [-0.1, -0.05) is 60.7 Å². The molecule has 8 heteroatoms. The third-order valence-electron chi connectivity index (χ3n) is 5.10. The summed E-state index contributed by atoms with van der Waals surface area (Å²) in [7, 11) is 0. The van der Waals surface area contributed by atoms with Gasteiger partial charge in [0.25, 0.3) is 5.91 Å². The standard InChI is InChI=1S/C25H32N2O6/c1-4-32-25(31)22(16-15-20-11-7-5-8-12-20)26-18(2)23(28)27(19(3)24(29)30)33-17-21-13-9-6-10-14-21/h5-14,18-19,22,26H,4,15-17H2,1-3H3,(H,29,30)/t18-,19?,22-/m0/s1. The molecule has 0 aromatic heterocycles. The van der Waals surface area contributed by atoms with E-state index in [4.69, 9.17) is 9.57 Å². The third-order valence-corrected chi connectivity index (χ3v) is 5.10. The first-order valence-corrected chi connectivity index (χ1v) is 11.0. The number of carbonyl (C=O) groups excluding carboxylic acids is 2. The smallest absolute Gasteiger partial charge is 0.328 e. The van der Waals surface area contributed by atoms with E-state index in [1.54, 1.807) is 13.8 Å². The van der Waals surface area contributed by atoms with Crippen LogP contribution >= 0.6 is 0 Å². The van der Waals surface area contributed by atoms with Crippen molar-refractivity contribution in [3.8, 4) is 0 Å².